The van der Waals surface area contributed by atoms with Crippen LogP contribution in [0.4, 0.5) is 5.69 Å². The van der Waals surface area contributed by atoms with Crippen molar-refractivity contribution in [1.82, 2.24) is 4.98 Å². The molecule has 2 N–H and O–H groups in total. The van der Waals surface area contributed by atoms with Crippen LogP contribution >= 0.6 is 0 Å². The Bertz CT molecular complexity index is 977. The fourth-order valence-corrected chi connectivity index (χ4v) is 2.90. The van der Waals surface area contributed by atoms with E-state index in [9.17, 15) is 4.79 Å². The number of H-pyrrole nitrogens is 1. The van der Waals surface area contributed by atoms with Crippen molar-refractivity contribution in [2.45, 2.75) is 26.3 Å². The first-order valence-corrected chi connectivity index (χ1v) is 8.63. The van der Waals surface area contributed by atoms with E-state index in [0.29, 0.717) is 23.8 Å². The summed E-state index contributed by atoms with van der Waals surface area (Å²) in [4.78, 5) is 15.3. The number of anilines is 1. The predicted molar refractivity (Wildman–Crippen MR) is 106 cm³/mol. The minimum atomic E-state index is -0.0882. The third-order valence-electron chi connectivity index (χ3n) is 4.49. The summed E-state index contributed by atoms with van der Waals surface area (Å²) in [5, 5.41) is 4.31. The van der Waals surface area contributed by atoms with Crippen LogP contribution in [0.3, 0.4) is 0 Å². The van der Waals surface area contributed by atoms with Gasteiger partial charge in [-0.25, -0.2) is 0 Å². The molecule has 0 bridgehead atoms. The van der Waals surface area contributed by atoms with E-state index in [1.54, 1.807) is 14.2 Å². The van der Waals surface area contributed by atoms with Crippen LogP contribution in [0.5, 0.6) is 11.5 Å². The van der Waals surface area contributed by atoms with Crippen molar-refractivity contribution >= 4 is 16.6 Å². The third kappa shape index (κ3) is 3.67. The minimum Gasteiger partial charge on any atom is -0.497 e. The van der Waals surface area contributed by atoms with Gasteiger partial charge in [0.1, 0.15) is 11.5 Å². The molecule has 1 aromatic heterocycles. The van der Waals surface area contributed by atoms with Crippen LogP contribution in [0, 0.1) is 0 Å². The Kier molecular flexibility index (Phi) is 5.16. The molecule has 1 heterocycles. The van der Waals surface area contributed by atoms with Crippen LogP contribution in [0.25, 0.3) is 10.9 Å². The molecule has 0 aliphatic rings. The molecule has 0 aliphatic heterocycles. The van der Waals surface area contributed by atoms with Crippen molar-refractivity contribution in [3.05, 3.63) is 63.9 Å². The Hall–Kier alpha value is -2.95. The molecule has 0 radical (unpaired) electrons. The lowest BCUT2D eigenvalue weighted by Gasteiger charge is -2.13. The zero-order valence-electron chi connectivity index (χ0n) is 15.6. The number of ether oxygens (including phenoxy) is 2. The van der Waals surface area contributed by atoms with Gasteiger partial charge < -0.3 is 19.8 Å². The lowest BCUT2D eigenvalue weighted by atomic mass is 10.0. The van der Waals surface area contributed by atoms with Gasteiger partial charge in [-0.3, -0.25) is 4.79 Å². The monoisotopic (exact) mass is 352 g/mol. The van der Waals surface area contributed by atoms with E-state index < -0.39 is 0 Å². The quantitative estimate of drug-likeness (QED) is 0.695. The summed E-state index contributed by atoms with van der Waals surface area (Å²) in [7, 11) is 3.22. The number of methoxy groups -OCH3 is 2. The fourth-order valence-electron chi connectivity index (χ4n) is 2.90. The second kappa shape index (κ2) is 7.52. The summed E-state index contributed by atoms with van der Waals surface area (Å²) in [6.45, 7) is 4.72. The van der Waals surface area contributed by atoms with Gasteiger partial charge in [0.2, 0.25) is 0 Å². The SMILES string of the molecule is COc1ccc(NCc2cc3cc(C(C)C)ccc3[nH]c2=O)c(OC)c1. The summed E-state index contributed by atoms with van der Waals surface area (Å²) in [6, 6.07) is 13.6. The summed E-state index contributed by atoms with van der Waals surface area (Å²) in [5.41, 5.74) is 3.50. The molecule has 3 rings (SSSR count). The Morgan fingerprint density at radius 1 is 1.04 bits per heavy atom. The molecule has 26 heavy (non-hydrogen) atoms. The van der Waals surface area contributed by atoms with Gasteiger partial charge in [-0.2, -0.15) is 0 Å². The number of benzene rings is 2. The first-order valence-electron chi connectivity index (χ1n) is 8.63. The molecule has 0 atom stereocenters. The van der Waals surface area contributed by atoms with Crippen LogP contribution in [0.2, 0.25) is 0 Å². The van der Waals surface area contributed by atoms with Crippen LogP contribution in [-0.4, -0.2) is 19.2 Å². The van der Waals surface area contributed by atoms with Gasteiger partial charge in [0.25, 0.3) is 5.56 Å². The number of aromatic nitrogens is 1. The second-order valence-electron chi connectivity index (χ2n) is 6.54. The molecule has 0 fully saturated rings. The lowest BCUT2D eigenvalue weighted by Crippen LogP contribution is -2.16. The van der Waals surface area contributed by atoms with Gasteiger partial charge in [-0.1, -0.05) is 19.9 Å². The van der Waals surface area contributed by atoms with Gasteiger partial charge >= 0.3 is 0 Å². The highest BCUT2D eigenvalue weighted by Crippen LogP contribution is 2.29. The maximum Gasteiger partial charge on any atom is 0.253 e. The summed E-state index contributed by atoms with van der Waals surface area (Å²) >= 11 is 0. The van der Waals surface area contributed by atoms with E-state index in [-0.39, 0.29) is 5.56 Å². The topological polar surface area (TPSA) is 63.3 Å². The summed E-state index contributed by atoms with van der Waals surface area (Å²) in [5.74, 6) is 1.83. The van der Waals surface area contributed by atoms with Gasteiger partial charge in [0.15, 0.2) is 0 Å². The maximum absolute atomic E-state index is 12.4. The maximum atomic E-state index is 12.4. The highest BCUT2D eigenvalue weighted by Gasteiger charge is 2.08. The molecule has 3 aromatic rings. The zero-order chi connectivity index (χ0) is 18.7. The van der Waals surface area contributed by atoms with Crippen molar-refractivity contribution in [1.29, 1.82) is 0 Å². The third-order valence-corrected chi connectivity index (χ3v) is 4.49. The highest BCUT2D eigenvalue weighted by atomic mass is 16.5. The Labute approximate surface area is 153 Å². The molecular formula is C21H24N2O3. The van der Waals surface area contributed by atoms with Crippen LogP contribution in [0.1, 0.15) is 30.9 Å². The van der Waals surface area contributed by atoms with Crippen LogP contribution in [0.15, 0.2) is 47.3 Å². The Morgan fingerprint density at radius 3 is 2.54 bits per heavy atom. The normalized spacial score (nSPS) is 11.0. The van der Waals surface area contributed by atoms with Gasteiger partial charge in [-0.05, 0) is 47.2 Å². The highest BCUT2D eigenvalue weighted by molar-refractivity contribution is 5.80. The van der Waals surface area contributed by atoms with Crippen molar-refractivity contribution < 1.29 is 9.47 Å². The second-order valence-corrected chi connectivity index (χ2v) is 6.54. The average molecular weight is 352 g/mol. The molecule has 0 saturated carbocycles. The van der Waals surface area contributed by atoms with E-state index in [1.165, 1.54) is 5.56 Å². The number of nitrogens with one attached hydrogen (secondary N) is 2. The lowest BCUT2D eigenvalue weighted by molar-refractivity contribution is 0.395. The summed E-state index contributed by atoms with van der Waals surface area (Å²) in [6.07, 6.45) is 0. The Balaban J connectivity index is 1.89. The molecule has 5 nitrogen and oxygen atoms in total. The number of hydrogen-bond acceptors (Lipinski definition) is 4. The summed E-state index contributed by atoms with van der Waals surface area (Å²) < 4.78 is 10.6. The average Bonchev–Trinajstić information content (AvgIpc) is 2.65. The first-order chi connectivity index (χ1) is 12.5. The molecule has 136 valence electrons. The number of fused-ring (bicyclic) bond motifs is 1. The van der Waals surface area contributed by atoms with E-state index in [4.69, 9.17) is 9.47 Å². The van der Waals surface area contributed by atoms with E-state index in [1.807, 2.05) is 30.3 Å². The molecular weight excluding hydrogens is 328 g/mol. The van der Waals surface area contributed by atoms with Crippen molar-refractivity contribution in [3.8, 4) is 11.5 Å². The van der Waals surface area contributed by atoms with E-state index in [0.717, 1.165) is 22.3 Å². The van der Waals surface area contributed by atoms with Crippen molar-refractivity contribution in [3.63, 3.8) is 0 Å². The number of pyridine rings is 1. The smallest absolute Gasteiger partial charge is 0.253 e. The van der Waals surface area contributed by atoms with Crippen LogP contribution in [-0.2, 0) is 6.54 Å². The van der Waals surface area contributed by atoms with Gasteiger partial charge in [0, 0.05) is 23.7 Å². The number of hydrogen-bond donors (Lipinski definition) is 2. The Morgan fingerprint density at radius 2 is 1.85 bits per heavy atom. The molecule has 2 aromatic carbocycles. The standard InChI is InChI=1S/C21H24N2O3/c1-13(2)14-5-7-18-15(9-14)10-16(21(24)23-18)12-22-19-8-6-17(25-3)11-20(19)26-4/h5-11,13,22H,12H2,1-4H3,(H,23,24). The van der Waals surface area contributed by atoms with Crippen molar-refractivity contribution in [2.75, 3.05) is 19.5 Å². The van der Waals surface area contributed by atoms with Gasteiger partial charge in [-0.15, -0.1) is 0 Å². The van der Waals surface area contributed by atoms with E-state index in [2.05, 4.69) is 36.3 Å². The molecule has 0 aliphatic carbocycles. The molecule has 0 spiro atoms. The van der Waals surface area contributed by atoms with Crippen LogP contribution < -0.4 is 20.3 Å². The molecule has 5 heteroatoms. The largest absolute Gasteiger partial charge is 0.497 e. The van der Waals surface area contributed by atoms with E-state index >= 15 is 0 Å². The molecule has 0 amide bonds. The number of aromatic amines is 1. The number of rotatable bonds is 6. The van der Waals surface area contributed by atoms with Gasteiger partial charge in [0.05, 0.1) is 19.9 Å². The fraction of sp³-hybridized carbons (Fsp3) is 0.286. The first kappa shape index (κ1) is 17.9. The zero-order valence-corrected chi connectivity index (χ0v) is 15.6. The molecule has 0 unspecified atom stereocenters. The molecule has 0 saturated heterocycles. The predicted octanol–water partition coefficient (Wildman–Crippen LogP) is 4.28. The minimum absolute atomic E-state index is 0.0882. The van der Waals surface area contributed by atoms with Crippen molar-refractivity contribution in [2.24, 2.45) is 0 Å².